The maximum atomic E-state index is 12.4. The lowest BCUT2D eigenvalue weighted by atomic mass is 10.1. The fraction of sp³-hybridized carbons (Fsp3) is 0.333. The van der Waals surface area contributed by atoms with E-state index in [1.165, 1.54) is 12.3 Å². The molecule has 0 spiro atoms. The fourth-order valence-corrected chi connectivity index (χ4v) is 3.79. The Hall–Kier alpha value is -2.21. The number of benzene rings is 1. The molecule has 24 heavy (non-hydrogen) atoms. The standard InChI is InChI=1S/C18H22N2O3S/c1-4-20(14(2)13-24(3,22)23)17(21)11-10-16-8-5-7-15-9-6-12-19-18(15)16/h5-12,14H,4,13H2,1-3H3/b11-10+/t14-/m0/s1. The molecule has 0 aliphatic carbocycles. The van der Waals surface area contributed by atoms with Crippen LogP contribution >= 0.6 is 0 Å². The molecule has 2 rings (SSSR count). The minimum Gasteiger partial charge on any atom is -0.336 e. The highest BCUT2D eigenvalue weighted by Gasteiger charge is 2.20. The number of sulfone groups is 1. The third kappa shape index (κ3) is 4.64. The summed E-state index contributed by atoms with van der Waals surface area (Å²) in [7, 11) is -3.14. The first-order chi connectivity index (χ1) is 11.3. The van der Waals surface area contributed by atoms with Crippen LogP contribution in [-0.2, 0) is 14.6 Å². The molecule has 1 atom stereocenters. The van der Waals surface area contributed by atoms with Gasteiger partial charge in [-0.05, 0) is 26.0 Å². The molecule has 0 radical (unpaired) electrons. The number of amides is 1. The first kappa shape index (κ1) is 18.1. The summed E-state index contributed by atoms with van der Waals surface area (Å²) >= 11 is 0. The van der Waals surface area contributed by atoms with Gasteiger partial charge in [0.1, 0.15) is 9.84 Å². The molecule has 0 saturated heterocycles. The molecule has 1 amide bonds. The van der Waals surface area contributed by atoms with Crippen molar-refractivity contribution in [2.75, 3.05) is 18.6 Å². The van der Waals surface area contributed by atoms with Crippen LogP contribution in [0.4, 0.5) is 0 Å². The molecule has 0 aliphatic rings. The predicted molar refractivity (Wildman–Crippen MR) is 97.3 cm³/mol. The Morgan fingerprint density at radius 1 is 1.29 bits per heavy atom. The Morgan fingerprint density at radius 2 is 2.00 bits per heavy atom. The van der Waals surface area contributed by atoms with E-state index in [1.54, 1.807) is 24.1 Å². The van der Waals surface area contributed by atoms with Crippen LogP contribution < -0.4 is 0 Å². The molecule has 0 aliphatic heterocycles. The molecule has 0 fully saturated rings. The first-order valence-corrected chi connectivity index (χ1v) is 9.88. The van der Waals surface area contributed by atoms with Crippen molar-refractivity contribution in [3.63, 3.8) is 0 Å². The molecule has 2 aromatic rings. The zero-order valence-electron chi connectivity index (χ0n) is 14.1. The second kappa shape index (κ2) is 7.57. The van der Waals surface area contributed by atoms with Crippen molar-refractivity contribution < 1.29 is 13.2 Å². The molecular weight excluding hydrogens is 324 g/mol. The lowest BCUT2D eigenvalue weighted by molar-refractivity contribution is -0.127. The highest BCUT2D eigenvalue weighted by atomic mass is 32.2. The molecule has 6 heteroatoms. The molecule has 0 saturated carbocycles. The third-order valence-corrected chi connectivity index (χ3v) is 4.86. The van der Waals surface area contributed by atoms with Crippen molar-refractivity contribution in [3.05, 3.63) is 48.2 Å². The van der Waals surface area contributed by atoms with Crippen LogP contribution in [0.1, 0.15) is 19.4 Å². The summed E-state index contributed by atoms with van der Waals surface area (Å²) in [6, 6.07) is 9.25. The summed E-state index contributed by atoms with van der Waals surface area (Å²) in [4.78, 5) is 18.3. The van der Waals surface area contributed by atoms with E-state index in [4.69, 9.17) is 0 Å². The summed E-state index contributed by atoms with van der Waals surface area (Å²) in [5.74, 6) is -0.252. The van der Waals surface area contributed by atoms with Gasteiger partial charge in [-0.25, -0.2) is 8.42 Å². The predicted octanol–water partition coefficient (Wildman–Crippen LogP) is 2.53. The van der Waals surface area contributed by atoms with Crippen molar-refractivity contribution in [2.45, 2.75) is 19.9 Å². The number of nitrogens with zero attached hydrogens (tertiary/aromatic N) is 2. The van der Waals surface area contributed by atoms with Crippen LogP contribution in [0.3, 0.4) is 0 Å². The van der Waals surface area contributed by atoms with E-state index in [0.29, 0.717) is 6.54 Å². The lowest BCUT2D eigenvalue weighted by Crippen LogP contribution is -2.41. The summed E-state index contributed by atoms with van der Waals surface area (Å²) < 4.78 is 22.9. The van der Waals surface area contributed by atoms with E-state index in [-0.39, 0.29) is 17.7 Å². The number of para-hydroxylation sites is 1. The largest absolute Gasteiger partial charge is 0.336 e. The van der Waals surface area contributed by atoms with E-state index in [9.17, 15) is 13.2 Å². The molecule has 0 N–H and O–H groups in total. The topological polar surface area (TPSA) is 67.3 Å². The van der Waals surface area contributed by atoms with Gasteiger partial charge >= 0.3 is 0 Å². The summed E-state index contributed by atoms with van der Waals surface area (Å²) in [6.07, 6.45) is 6.10. The van der Waals surface area contributed by atoms with Gasteiger partial charge in [0, 0.05) is 42.1 Å². The molecular formula is C18H22N2O3S. The number of carbonyl (C=O) groups excluding carboxylic acids is 1. The van der Waals surface area contributed by atoms with E-state index < -0.39 is 9.84 Å². The van der Waals surface area contributed by atoms with Gasteiger partial charge in [-0.3, -0.25) is 9.78 Å². The summed E-state index contributed by atoms with van der Waals surface area (Å²) in [5, 5.41) is 1.00. The van der Waals surface area contributed by atoms with Crippen molar-refractivity contribution in [1.29, 1.82) is 0 Å². The second-order valence-corrected chi connectivity index (χ2v) is 8.01. The fourth-order valence-electron chi connectivity index (χ4n) is 2.73. The van der Waals surface area contributed by atoms with E-state index >= 15 is 0 Å². The van der Waals surface area contributed by atoms with Gasteiger partial charge in [0.2, 0.25) is 5.91 Å². The normalized spacial score (nSPS) is 13.3. The highest BCUT2D eigenvalue weighted by molar-refractivity contribution is 7.90. The monoisotopic (exact) mass is 346 g/mol. The number of pyridine rings is 1. The van der Waals surface area contributed by atoms with Gasteiger partial charge in [0.05, 0.1) is 11.3 Å². The Balaban J connectivity index is 2.21. The van der Waals surface area contributed by atoms with Gasteiger partial charge < -0.3 is 4.90 Å². The van der Waals surface area contributed by atoms with Crippen molar-refractivity contribution >= 4 is 32.7 Å². The molecule has 0 bridgehead atoms. The first-order valence-electron chi connectivity index (χ1n) is 7.82. The Labute approximate surface area is 142 Å². The minimum atomic E-state index is -3.14. The number of aromatic nitrogens is 1. The number of fused-ring (bicyclic) bond motifs is 1. The molecule has 1 aromatic carbocycles. The highest BCUT2D eigenvalue weighted by Crippen LogP contribution is 2.17. The maximum absolute atomic E-state index is 12.4. The average molecular weight is 346 g/mol. The number of rotatable bonds is 6. The molecule has 5 nitrogen and oxygen atoms in total. The molecule has 1 heterocycles. The van der Waals surface area contributed by atoms with Crippen molar-refractivity contribution in [3.8, 4) is 0 Å². The summed E-state index contributed by atoms with van der Waals surface area (Å²) in [5.41, 5.74) is 1.68. The number of likely N-dealkylation sites (N-methyl/N-ethyl adjacent to an activating group) is 1. The summed E-state index contributed by atoms with van der Waals surface area (Å²) in [6.45, 7) is 4.04. The van der Waals surface area contributed by atoms with Crippen LogP contribution in [-0.4, -0.2) is 48.8 Å². The smallest absolute Gasteiger partial charge is 0.246 e. The molecule has 0 unspecified atom stereocenters. The zero-order valence-corrected chi connectivity index (χ0v) is 15.0. The number of carbonyl (C=O) groups is 1. The van der Waals surface area contributed by atoms with Crippen LogP contribution in [0.15, 0.2) is 42.6 Å². The van der Waals surface area contributed by atoms with E-state index in [2.05, 4.69) is 4.98 Å². The molecule has 1 aromatic heterocycles. The Kier molecular flexibility index (Phi) is 5.72. The van der Waals surface area contributed by atoms with Gasteiger partial charge in [-0.1, -0.05) is 24.3 Å². The molecule has 128 valence electrons. The van der Waals surface area contributed by atoms with Gasteiger partial charge in [-0.15, -0.1) is 0 Å². The van der Waals surface area contributed by atoms with Gasteiger partial charge in [0.15, 0.2) is 0 Å². The maximum Gasteiger partial charge on any atom is 0.246 e. The zero-order chi connectivity index (χ0) is 17.7. The van der Waals surface area contributed by atoms with E-state index in [0.717, 1.165) is 16.5 Å². The SMILES string of the molecule is CCN(C(=O)/C=C/c1cccc2cccnc12)[C@@H](C)CS(C)(=O)=O. The van der Waals surface area contributed by atoms with Crippen molar-refractivity contribution in [2.24, 2.45) is 0 Å². The average Bonchev–Trinajstić information content (AvgIpc) is 2.51. The number of hydrogen-bond acceptors (Lipinski definition) is 4. The lowest BCUT2D eigenvalue weighted by Gasteiger charge is -2.26. The van der Waals surface area contributed by atoms with Crippen LogP contribution in [0.2, 0.25) is 0 Å². The van der Waals surface area contributed by atoms with Crippen LogP contribution in [0, 0.1) is 0 Å². The second-order valence-electron chi connectivity index (χ2n) is 5.82. The minimum absolute atomic E-state index is 0.0454. The number of hydrogen-bond donors (Lipinski definition) is 0. The Bertz CT molecular complexity index is 854. The van der Waals surface area contributed by atoms with E-state index in [1.807, 2.05) is 37.3 Å². The van der Waals surface area contributed by atoms with Gasteiger partial charge in [-0.2, -0.15) is 0 Å². The van der Waals surface area contributed by atoms with Crippen LogP contribution in [0.5, 0.6) is 0 Å². The third-order valence-electron chi connectivity index (χ3n) is 3.77. The van der Waals surface area contributed by atoms with Crippen LogP contribution in [0.25, 0.3) is 17.0 Å². The van der Waals surface area contributed by atoms with Crippen molar-refractivity contribution in [1.82, 2.24) is 9.88 Å². The quantitative estimate of drug-likeness (QED) is 0.754. The van der Waals surface area contributed by atoms with Gasteiger partial charge in [0.25, 0.3) is 0 Å². The Morgan fingerprint density at radius 3 is 2.67 bits per heavy atom.